The van der Waals surface area contributed by atoms with Gasteiger partial charge in [-0.2, -0.15) is 18.4 Å². The number of amides is 2. The molecule has 2 rings (SSSR count). The van der Waals surface area contributed by atoms with Gasteiger partial charge in [0, 0.05) is 6.07 Å². The van der Waals surface area contributed by atoms with E-state index in [-0.39, 0.29) is 5.11 Å². The summed E-state index contributed by atoms with van der Waals surface area (Å²) >= 11 is 4.60. The fraction of sp³-hybridized carbons (Fsp3) is 0.167. The molecule has 1 saturated heterocycles. The molecule has 0 radical (unpaired) electrons. The maximum Gasteiger partial charge on any atom is 0.416 e. The molecule has 0 spiro atoms. The Morgan fingerprint density at radius 2 is 2.00 bits per heavy atom. The largest absolute Gasteiger partial charge is 0.595 e. The predicted molar refractivity (Wildman–Crippen MR) is 78.5 cm³/mol. The molecule has 13 heteroatoms. The van der Waals surface area contributed by atoms with E-state index in [9.17, 15) is 32.8 Å². The fourth-order valence-electron chi connectivity index (χ4n) is 1.92. The summed E-state index contributed by atoms with van der Waals surface area (Å²) in [5.41, 5.74) is -2.63. The number of carbonyl (C=O) groups excluding carboxylic acids is 3. The molecular formula is C12H9F3N4O5S. The lowest BCUT2D eigenvalue weighted by Crippen LogP contribution is -2.99. The second kappa shape index (κ2) is 6.72. The van der Waals surface area contributed by atoms with Gasteiger partial charge < -0.3 is 21.2 Å². The van der Waals surface area contributed by atoms with E-state index in [0.29, 0.717) is 18.2 Å². The number of nitrogens with one attached hydrogen (secondary N) is 4. The Labute approximate surface area is 142 Å². The number of alkyl halides is 3. The zero-order valence-electron chi connectivity index (χ0n) is 11.9. The van der Waals surface area contributed by atoms with Gasteiger partial charge in [0.15, 0.2) is 16.8 Å². The quantitative estimate of drug-likeness (QED) is 0.196. The van der Waals surface area contributed by atoms with Crippen LogP contribution >= 0.6 is 12.2 Å². The number of Topliss-reactive ketones (excluding diaryl/α,β-unsaturated/α-hetero) is 1. The van der Waals surface area contributed by atoms with E-state index < -0.39 is 52.0 Å². The number of rotatable bonds is 4. The van der Waals surface area contributed by atoms with Crippen molar-refractivity contribution in [1.29, 1.82) is 0 Å². The minimum absolute atomic E-state index is 0.170. The van der Waals surface area contributed by atoms with Crippen molar-refractivity contribution in [2.75, 3.05) is 5.32 Å². The Morgan fingerprint density at radius 3 is 2.48 bits per heavy atom. The van der Waals surface area contributed by atoms with E-state index in [4.69, 9.17) is 5.21 Å². The number of anilines is 1. The van der Waals surface area contributed by atoms with Gasteiger partial charge in [-0.05, 0) is 24.4 Å². The molecule has 1 aliphatic rings. The number of ketones is 1. The molecule has 0 bridgehead atoms. The molecule has 25 heavy (non-hydrogen) atoms. The van der Waals surface area contributed by atoms with Crippen LogP contribution in [0.1, 0.15) is 5.56 Å². The van der Waals surface area contributed by atoms with Crippen molar-refractivity contribution >= 4 is 46.3 Å². The van der Waals surface area contributed by atoms with Crippen LogP contribution in [0.2, 0.25) is 0 Å². The third-order valence-corrected chi connectivity index (χ3v) is 3.31. The summed E-state index contributed by atoms with van der Waals surface area (Å²) in [4.78, 5) is 35.2. The van der Waals surface area contributed by atoms with Gasteiger partial charge in [0.1, 0.15) is 5.69 Å². The van der Waals surface area contributed by atoms with Crippen molar-refractivity contribution in [3.8, 4) is 0 Å². The molecule has 1 aromatic rings. The van der Waals surface area contributed by atoms with Gasteiger partial charge in [0.05, 0.1) is 5.56 Å². The second-order valence-electron chi connectivity index (χ2n) is 4.78. The Morgan fingerprint density at radius 1 is 1.36 bits per heavy atom. The Balaban J connectivity index is 2.24. The van der Waals surface area contributed by atoms with E-state index in [1.54, 1.807) is 0 Å². The molecule has 1 aromatic carbocycles. The van der Waals surface area contributed by atoms with E-state index in [1.165, 1.54) is 0 Å². The fourth-order valence-corrected chi connectivity index (χ4v) is 2.14. The van der Waals surface area contributed by atoms with Crippen LogP contribution in [0.25, 0.3) is 0 Å². The summed E-state index contributed by atoms with van der Waals surface area (Å²) in [6, 6.07) is -0.0416. The van der Waals surface area contributed by atoms with Crippen LogP contribution in [-0.4, -0.2) is 34.0 Å². The first-order chi connectivity index (χ1) is 11.5. The number of quaternary nitrogens is 1. The van der Waals surface area contributed by atoms with Crippen LogP contribution in [-0.2, 0) is 20.6 Å². The van der Waals surface area contributed by atoms with Crippen molar-refractivity contribution in [3.05, 3.63) is 29.0 Å². The minimum atomic E-state index is -4.79. The van der Waals surface area contributed by atoms with Crippen LogP contribution in [0, 0.1) is 5.21 Å². The molecule has 2 atom stereocenters. The molecule has 1 heterocycles. The smallest absolute Gasteiger partial charge is 0.416 e. The van der Waals surface area contributed by atoms with Crippen LogP contribution < -0.4 is 21.2 Å². The van der Waals surface area contributed by atoms with E-state index in [2.05, 4.69) is 22.9 Å². The molecule has 2 amide bonds. The third kappa shape index (κ3) is 4.08. The number of hydrogen-bond acceptors (Lipinski definition) is 6. The Hall–Kier alpha value is -2.61. The van der Waals surface area contributed by atoms with Gasteiger partial charge >= 0.3 is 6.18 Å². The van der Waals surface area contributed by atoms with E-state index in [0.717, 1.165) is 0 Å². The first-order valence-electron chi connectivity index (χ1n) is 6.42. The summed E-state index contributed by atoms with van der Waals surface area (Å²) in [5.74, 6) is -3.55. The zero-order chi connectivity index (χ0) is 18.9. The van der Waals surface area contributed by atoms with Gasteiger partial charge in [0.25, 0.3) is 17.6 Å². The van der Waals surface area contributed by atoms with Gasteiger partial charge in [-0.15, -0.1) is 0 Å². The highest BCUT2D eigenvalue weighted by atomic mass is 32.1. The van der Waals surface area contributed by atoms with Crippen LogP contribution in [0.4, 0.5) is 24.5 Å². The van der Waals surface area contributed by atoms with Crippen molar-refractivity contribution in [1.82, 2.24) is 10.6 Å². The molecule has 1 fully saturated rings. The number of hydrogen-bond donors (Lipinski definition) is 5. The monoisotopic (exact) mass is 378 g/mol. The van der Waals surface area contributed by atoms with Crippen LogP contribution in [0.5, 0.6) is 0 Å². The predicted octanol–water partition coefficient (Wildman–Crippen LogP) is -1.01. The van der Waals surface area contributed by atoms with Crippen LogP contribution in [0.15, 0.2) is 18.2 Å². The van der Waals surface area contributed by atoms with Crippen LogP contribution in [0.3, 0.4) is 0 Å². The number of thiocarbonyl (C=S) groups is 1. The van der Waals surface area contributed by atoms with Crippen molar-refractivity contribution in [2.45, 2.75) is 12.2 Å². The molecule has 134 valence electrons. The first kappa shape index (κ1) is 18.7. The standard InChI is InChI=1S/C12H9F3N4O5S/c13-12(14,15)4-1-2-5(6(3-4)19(23)24)16-10(22)8(20)7-9(21)18-11(25)17-7/h1-3,7,19,23H,(H,16,22)(H2,17,18,21,25). The highest BCUT2D eigenvalue weighted by Gasteiger charge is 2.38. The molecule has 0 aliphatic carbocycles. The molecule has 5 N–H and O–H groups in total. The third-order valence-electron chi connectivity index (χ3n) is 3.09. The highest BCUT2D eigenvalue weighted by molar-refractivity contribution is 7.80. The SMILES string of the molecule is O=C(Nc1ccc(C(F)(F)F)cc1[NH+]([O-])O)C(=O)C1NC(=S)NC1=O. The zero-order valence-corrected chi connectivity index (χ0v) is 12.7. The minimum Gasteiger partial charge on any atom is -0.595 e. The number of benzene rings is 1. The molecular weight excluding hydrogens is 369 g/mol. The lowest BCUT2D eigenvalue weighted by atomic mass is 10.1. The molecule has 2 unspecified atom stereocenters. The summed E-state index contributed by atoms with van der Waals surface area (Å²) in [5, 5.41) is 24.4. The Bertz CT molecular complexity index is 768. The summed E-state index contributed by atoms with van der Waals surface area (Å²) in [6.07, 6.45) is -4.79. The topological polar surface area (TPSA) is 135 Å². The van der Waals surface area contributed by atoms with Gasteiger partial charge in [-0.3, -0.25) is 14.4 Å². The maximum atomic E-state index is 12.6. The van der Waals surface area contributed by atoms with Crippen molar-refractivity contribution in [2.24, 2.45) is 0 Å². The lowest BCUT2D eigenvalue weighted by Gasteiger charge is -2.18. The second-order valence-corrected chi connectivity index (χ2v) is 5.19. The molecule has 1 aliphatic heterocycles. The number of halogens is 3. The number of carbonyl (C=O) groups is 3. The summed E-state index contributed by atoms with van der Waals surface area (Å²) < 4.78 is 37.9. The van der Waals surface area contributed by atoms with Crippen molar-refractivity contribution in [3.63, 3.8) is 0 Å². The van der Waals surface area contributed by atoms with E-state index >= 15 is 0 Å². The van der Waals surface area contributed by atoms with Gasteiger partial charge in [-0.1, -0.05) is 0 Å². The molecule has 9 nitrogen and oxygen atoms in total. The van der Waals surface area contributed by atoms with Crippen molar-refractivity contribution < 1.29 is 38.0 Å². The molecule has 0 aromatic heterocycles. The normalized spacial score (nSPS) is 18.4. The summed E-state index contributed by atoms with van der Waals surface area (Å²) in [7, 11) is 0. The van der Waals surface area contributed by atoms with Gasteiger partial charge in [0.2, 0.25) is 0 Å². The molecule has 0 saturated carbocycles. The lowest BCUT2D eigenvalue weighted by molar-refractivity contribution is -0.990. The van der Waals surface area contributed by atoms with E-state index in [1.807, 2.05) is 5.32 Å². The Kier molecular flexibility index (Phi) is 5.03. The summed E-state index contributed by atoms with van der Waals surface area (Å²) in [6.45, 7) is 0. The average Bonchev–Trinajstić information content (AvgIpc) is 2.84. The van der Waals surface area contributed by atoms with Gasteiger partial charge in [-0.25, -0.2) is 5.21 Å². The average molecular weight is 378 g/mol. The maximum absolute atomic E-state index is 12.6. The first-order valence-corrected chi connectivity index (χ1v) is 6.82. The highest BCUT2D eigenvalue weighted by Crippen LogP contribution is 2.32.